The van der Waals surface area contributed by atoms with E-state index in [1.54, 1.807) is 12.1 Å². The Morgan fingerprint density at radius 1 is 1.10 bits per heavy atom. The van der Waals surface area contributed by atoms with E-state index >= 15 is 0 Å². The molecule has 31 heavy (non-hydrogen) atoms. The molecule has 0 saturated carbocycles. The molecular formula is C22H28N6O2S. The lowest BCUT2D eigenvalue weighted by Crippen LogP contribution is -2.39. The van der Waals surface area contributed by atoms with Crippen LogP contribution in [0.25, 0.3) is 11.0 Å². The fourth-order valence-electron chi connectivity index (χ4n) is 4.09. The van der Waals surface area contributed by atoms with Gasteiger partial charge in [0, 0.05) is 37.6 Å². The minimum atomic E-state index is -3.16. The Labute approximate surface area is 182 Å². The maximum absolute atomic E-state index is 11.6. The van der Waals surface area contributed by atoms with E-state index in [0.717, 1.165) is 54.7 Å². The highest BCUT2D eigenvalue weighted by atomic mass is 32.2. The van der Waals surface area contributed by atoms with Crippen LogP contribution in [0.2, 0.25) is 0 Å². The highest BCUT2D eigenvalue weighted by Crippen LogP contribution is 2.24. The summed E-state index contributed by atoms with van der Waals surface area (Å²) in [7, 11) is -3.16. The van der Waals surface area contributed by atoms with Crippen LogP contribution in [0.15, 0.2) is 35.2 Å². The number of pyridine rings is 1. The van der Waals surface area contributed by atoms with Crippen molar-refractivity contribution in [2.24, 2.45) is 0 Å². The summed E-state index contributed by atoms with van der Waals surface area (Å²) in [4.78, 5) is 16.3. The molecule has 3 N–H and O–H groups in total. The van der Waals surface area contributed by atoms with Gasteiger partial charge in [-0.1, -0.05) is 12.1 Å². The summed E-state index contributed by atoms with van der Waals surface area (Å²) in [6, 6.07) is 9.40. The minimum Gasteiger partial charge on any atom is -0.383 e. The molecular weight excluding hydrogens is 412 g/mol. The number of hydrogen-bond acceptors (Lipinski definition) is 8. The van der Waals surface area contributed by atoms with E-state index < -0.39 is 9.84 Å². The standard InChI is InChI=1S/C22H28N6O2S/c1-14-12-15(2)24-21-19(14)20(23)26-22(27-21)25-17-8-10-28(11-9-17)13-16-4-6-18(7-5-16)31(3,29)30/h4-7,12,17H,8-11,13H2,1-3H3,(H3,23,24,25,26,27). The fourth-order valence-corrected chi connectivity index (χ4v) is 4.72. The molecule has 0 radical (unpaired) electrons. The van der Waals surface area contributed by atoms with E-state index in [4.69, 9.17) is 5.73 Å². The molecule has 4 rings (SSSR count). The summed E-state index contributed by atoms with van der Waals surface area (Å²) in [6.07, 6.45) is 3.15. The van der Waals surface area contributed by atoms with E-state index in [1.165, 1.54) is 6.26 Å². The first-order chi connectivity index (χ1) is 14.7. The molecule has 0 unspecified atom stereocenters. The molecule has 0 aliphatic carbocycles. The van der Waals surface area contributed by atoms with Crippen molar-refractivity contribution >= 4 is 32.6 Å². The van der Waals surface area contributed by atoms with Gasteiger partial charge in [0.05, 0.1) is 10.3 Å². The third kappa shape index (κ3) is 4.94. The van der Waals surface area contributed by atoms with Gasteiger partial charge in [-0.05, 0) is 56.0 Å². The molecule has 2 aromatic heterocycles. The van der Waals surface area contributed by atoms with Gasteiger partial charge in [0.2, 0.25) is 5.95 Å². The Bertz CT molecular complexity index is 1200. The second-order valence-electron chi connectivity index (χ2n) is 8.32. The number of nitrogens with zero attached hydrogens (tertiary/aromatic N) is 4. The highest BCUT2D eigenvalue weighted by molar-refractivity contribution is 7.90. The quantitative estimate of drug-likeness (QED) is 0.622. The van der Waals surface area contributed by atoms with E-state index in [-0.39, 0.29) is 6.04 Å². The molecule has 1 aromatic carbocycles. The molecule has 3 aromatic rings. The summed E-state index contributed by atoms with van der Waals surface area (Å²) in [5, 5.41) is 4.24. The second-order valence-corrected chi connectivity index (χ2v) is 10.3. The molecule has 0 bridgehead atoms. The third-order valence-corrected chi connectivity index (χ3v) is 6.83. The average molecular weight is 441 g/mol. The van der Waals surface area contributed by atoms with E-state index in [0.29, 0.717) is 22.3 Å². The molecule has 1 aliphatic rings. The SMILES string of the molecule is Cc1cc(C)c2c(N)nc(NC3CCN(Cc4ccc(S(C)(=O)=O)cc4)CC3)nc2n1. The van der Waals surface area contributed by atoms with Gasteiger partial charge in [-0.15, -0.1) is 0 Å². The third-order valence-electron chi connectivity index (χ3n) is 5.70. The minimum absolute atomic E-state index is 0.270. The van der Waals surface area contributed by atoms with E-state index in [9.17, 15) is 8.42 Å². The van der Waals surface area contributed by atoms with Crippen molar-refractivity contribution in [3.63, 3.8) is 0 Å². The number of aryl methyl sites for hydroxylation is 2. The molecule has 0 spiro atoms. The lowest BCUT2D eigenvalue weighted by Gasteiger charge is -2.32. The normalized spacial score (nSPS) is 16.0. The number of nitrogens with one attached hydrogen (secondary N) is 1. The zero-order valence-electron chi connectivity index (χ0n) is 18.1. The number of fused-ring (bicyclic) bond motifs is 1. The first-order valence-electron chi connectivity index (χ1n) is 10.4. The Hall–Kier alpha value is -2.78. The van der Waals surface area contributed by atoms with Gasteiger partial charge in [0.25, 0.3) is 0 Å². The zero-order chi connectivity index (χ0) is 22.2. The van der Waals surface area contributed by atoms with Gasteiger partial charge < -0.3 is 11.1 Å². The van der Waals surface area contributed by atoms with Gasteiger partial charge in [0.1, 0.15) is 5.82 Å². The van der Waals surface area contributed by atoms with Gasteiger partial charge in [-0.25, -0.2) is 13.4 Å². The van der Waals surface area contributed by atoms with Crippen molar-refractivity contribution in [3.8, 4) is 0 Å². The van der Waals surface area contributed by atoms with Gasteiger partial charge in [0.15, 0.2) is 15.5 Å². The van der Waals surface area contributed by atoms with Gasteiger partial charge in [-0.3, -0.25) is 4.90 Å². The molecule has 9 heteroatoms. The maximum atomic E-state index is 11.6. The number of rotatable bonds is 5. The summed E-state index contributed by atoms with van der Waals surface area (Å²) < 4.78 is 23.2. The van der Waals surface area contributed by atoms with Crippen LogP contribution >= 0.6 is 0 Å². The second kappa shape index (κ2) is 8.39. The summed E-state index contributed by atoms with van der Waals surface area (Å²) in [5.41, 5.74) is 9.86. The van der Waals surface area contributed by atoms with E-state index in [1.807, 2.05) is 32.0 Å². The van der Waals surface area contributed by atoms with Crippen LogP contribution in [0.4, 0.5) is 11.8 Å². The molecule has 8 nitrogen and oxygen atoms in total. The average Bonchev–Trinajstić information content (AvgIpc) is 2.68. The highest BCUT2D eigenvalue weighted by Gasteiger charge is 2.21. The maximum Gasteiger partial charge on any atom is 0.226 e. The number of nitrogens with two attached hydrogens (primary N) is 1. The topological polar surface area (TPSA) is 114 Å². The van der Waals surface area contributed by atoms with Crippen molar-refractivity contribution in [1.82, 2.24) is 19.9 Å². The van der Waals surface area contributed by atoms with Crippen LogP contribution in [-0.2, 0) is 16.4 Å². The smallest absolute Gasteiger partial charge is 0.226 e. The van der Waals surface area contributed by atoms with Crippen LogP contribution in [0, 0.1) is 13.8 Å². The fraction of sp³-hybridized carbons (Fsp3) is 0.409. The number of likely N-dealkylation sites (tertiary alicyclic amines) is 1. The number of nitrogen functional groups attached to an aromatic ring is 1. The summed E-state index contributed by atoms with van der Waals surface area (Å²) >= 11 is 0. The predicted molar refractivity (Wildman–Crippen MR) is 123 cm³/mol. The number of aromatic nitrogens is 3. The van der Waals surface area contributed by atoms with Gasteiger partial charge in [-0.2, -0.15) is 9.97 Å². The van der Waals surface area contributed by atoms with Gasteiger partial charge >= 0.3 is 0 Å². The van der Waals surface area contributed by atoms with Crippen LogP contribution in [0.1, 0.15) is 29.7 Å². The van der Waals surface area contributed by atoms with Crippen LogP contribution in [0.5, 0.6) is 0 Å². The number of anilines is 2. The van der Waals surface area contributed by atoms with Crippen molar-refractivity contribution < 1.29 is 8.42 Å². The molecule has 1 aliphatic heterocycles. The number of piperidine rings is 1. The van der Waals surface area contributed by atoms with Crippen molar-refractivity contribution in [2.45, 2.75) is 44.2 Å². The van der Waals surface area contributed by atoms with Crippen LogP contribution < -0.4 is 11.1 Å². The number of benzene rings is 1. The summed E-state index contributed by atoms with van der Waals surface area (Å²) in [6.45, 7) is 6.62. The van der Waals surface area contributed by atoms with Crippen LogP contribution in [-0.4, -0.2) is 53.7 Å². The molecule has 1 saturated heterocycles. The van der Waals surface area contributed by atoms with Crippen molar-refractivity contribution in [2.75, 3.05) is 30.4 Å². The molecule has 3 heterocycles. The molecule has 164 valence electrons. The van der Waals surface area contributed by atoms with E-state index in [2.05, 4.69) is 25.2 Å². The first-order valence-corrected chi connectivity index (χ1v) is 12.3. The lowest BCUT2D eigenvalue weighted by atomic mass is 10.0. The lowest BCUT2D eigenvalue weighted by molar-refractivity contribution is 0.211. The summed E-state index contributed by atoms with van der Waals surface area (Å²) in [5.74, 6) is 0.977. The largest absolute Gasteiger partial charge is 0.383 e. The monoisotopic (exact) mass is 440 g/mol. The Kier molecular flexibility index (Phi) is 5.81. The Morgan fingerprint density at radius 3 is 2.42 bits per heavy atom. The Balaban J connectivity index is 1.37. The molecule has 1 fully saturated rings. The Morgan fingerprint density at radius 2 is 1.77 bits per heavy atom. The number of sulfone groups is 1. The zero-order valence-corrected chi connectivity index (χ0v) is 18.9. The predicted octanol–water partition coefficient (Wildman–Crippen LogP) is 2.70. The first kappa shape index (κ1) is 21.5. The van der Waals surface area contributed by atoms with Crippen LogP contribution in [0.3, 0.4) is 0 Å². The van der Waals surface area contributed by atoms with Crippen molar-refractivity contribution in [1.29, 1.82) is 0 Å². The molecule has 0 amide bonds. The number of hydrogen-bond donors (Lipinski definition) is 2. The molecule has 0 atom stereocenters. The van der Waals surface area contributed by atoms with Crippen molar-refractivity contribution in [3.05, 3.63) is 47.2 Å².